The maximum absolute atomic E-state index is 11.1. The molecule has 0 spiro atoms. The molecule has 0 fully saturated rings. The van der Waals surface area contributed by atoms with Gasteiger partial charge in [0.1, 0.15) is 5.69 Å². The Balaban J connectivity index is 2.67. The Bertz CT molecular complexity index is 466. The lowest BCUT2D eigenvalue weighted by atomic mass is 10.1. The lowest BCUT2D eigenvalue weighted by Gasteiger charge is -1.97. The summed E-state index contributed by atoms with van der Waals surface area (Å²) in [6.07, 6.45) is 0. The average Bonchev–Trinajstić information content (AvgIpc) is 2.43. The number of amides is 1. The van der Waals surface area contributed by atoms with E-state index in [1.165, 1.54) is 18.2 Å². The van der Waals surface area contributed by atoms with Crippen molar-refractivity contribution < 1.29 is 14.5 Å². The molecule has 1 aromatic rings. The van der Waals surface area contributed by atoms with Crippen LogP contribution in [-0.2, 0) is 4.79 Å². The van der Waals surface area contributed by atoms with Crippen molar-refractivity contribution in [1.29, 1.82) is 0 Å². The van der Waals surface area contributed by atoms with Gasteiger partial charge < -0.3 is 5.32 Å². The van der Waals surface area contributed by atoms with Crippen molar-refractivity contribution in [3.8, 4) is 0 Å². The zero-order valence-electron chi connectivity index (χ0n) is 6.81. The monoisotopic (exact) mass is 192 g/mol. The van der Waals surface area contributed by atoms with Crippen molar-refractivity contribution >= 4 is 23.1 Å². The Morgan fingerprint density at radius 2 is 2.00 bits per heavy atom. The van der Waals surface area contributed by atoms with Gasteiger partial charge in [-0.3, -0.25) is 19.7 Å². The molecule has 6 nitrogen and oxygen atoms in total. The van der Waals surface area contributed by atoms with Gasteiger partial charge >= 0.3 is 0 Å². The first-order chi connectivity index (χ1) is 6.61. The van der Waals surface area contributed by atoms with E-state index in [-0.39, 0.29) is 16.9 Å². The molecule has 1 amide bonds. The van der Waals surface area contributed by atoms with Gasteiger partial charge in [0.2, 0.25) is 0 Å². The molecule has 6 heteroatoms. The number of rotatable bonds is 1. The van der Waals surface area contributed by atoms with Crippen LogP contribution < -0.4 is 5.32 Å². The Hall–Kier alpha value is -2.24. The number of nitrogens with one attached hydrogen (secondary N) is 1. The summed E-state index contributed by atoms with van der Waals surface area (Å²) >= 11 is 0. The summed E-state index contributed by atoms with van der Waals surface area (Å²) in [6, 6.07) is 3.98. The lowest BCUT2D eigenvalue weighted by molar-refractivity contribution is -0.383. The van der Waals surface area contributed by atoms with E-state index < -0.39 is 16.6 Å². The maximum atomic E-state index is 11.1. The van der Waals surface area contributed by atoms with E-state index in [1.54, 1.807) is 0 Å². The summed E-state index contributed by atoms with van der Waals surface area (Å²) in [5, 5.41) is 12.7. The second kappa shape index (κ2) is 2.63. The molecule has 1 aliphatic rings. The first-order valence-corrected chi connectivity index (χ1v) is 3.74. The molecular weight excluding hydrogens is 188 g/mol. The Kier molecular flexibility index (Phi) is 1.57. The summed E-state index contributed by atoms with van der Waals surface area (Å²) in [6.45, 7) is 0. The SMILES string of the molecule is O=C1Nc2c(cccc2[N+](=O)[O-])C1=O. The zero-order chi connectivity index (χ0) is 10.3. The number of Topliss-reactive ketones (excluding diaryl/α,β-unsaturated/α-hetero) is 1. The molecule has 0 aliphatic carbocycles. The highest BCUT2D eigenvalue weighted by molar-refractivity contribution is 6.52. The molecule has 2 rings (SSSR count). The summed E-state index contributed by atoms with van der Waals surface area (Å²) in [7, 11) is 0. The van der Waals surface area contributed by atoms with Gasteiger partial charge in [-0.2, -0.15) is 0 Å². The molecule has 0 radical (unpaired) electrons. The van der Waals surface area contributed by atoms with Crippen LogP contribution in [0, 0.1) is 10.1 Å². The molecule has 1 N–H and O–H groups in total. The Morgan fingerprint density at radius 3 is 2.64 bits per heavy atom. The van der Waals surface area contributed by atoms with Crippen LogP contribution in [0.4, 0.5) is 11.4 Å². The van der Waals surface area contributed by atoms with Gasteiger partial charge in [0.25, 0.3) is 17.4 Å². The number of hydrogen-bond donors (Lipinski definition) is 1. The molecule has 1 heterocycles. The number of nitro groups is 1. The minimum Gasteiger partial charge on any atom is -0.313 e. The Labute approximate surface area is 77.7 Å². The minimum absolute atomic E-state index is 0.00694. The summed E-state index contributed by atoms with van der Waals surface area (Å²) in [5.41, 5.74) is -0.210. The second-order valence-electron chi connectivity index (χ2n) is 2.74. The van der Waals surface area contributed by atoms with E-state index >= 15 is 0 Å². The normalized spacial score (nSPS) is 13.7. The van der Waals surface area contributed by atoms with Crippen molar-refractivity contribution in [3.63, 3.8) is 0 Å². The highest BCUT2D eigenvalue weighted by atomic mass is 16.6. The molecule has 70 valence electrons. The second-order valence-corrected chi connectivity index (χ2v) is 2.74. The topological polar surface area (TPSA) is 89.3 Å². The molecule has 0 saturated carbocycles. The van der Waals surface area contributed by atoms with Crippen molar-refractivity contribution in [2.75, 3.05) is 5.32 Å². The van der Waals surface area contributed by atoms with Crippen LogP contribution in [-0.4, -0.2) is 16.6 Å². The molecule has 1 aromatic carbocycles. The molecule has 14 heavy (non-hydrogen) atoms. The molecule has 0 atom stereocenters. The van der Waals surface area contributed by atoms with Gasteiger partial charge in [-0.25, -0.2) is 0 Å². The van der Waals surface area contributed by atoms with E-state index in [9.17, 15) is 19.7 Å². The van der Waals surface area contributed by atoms with Gasteiger partial charge in [-0.1, -0.05) is 6.07 Å². The highest BCUT2D eigenvalue weighted by Gasteiger charge is 2.33. The predicted octanol–water partition coefficient (Wildman–Crippen LogP) is 0.730. The molecule has 0 unspecified atom stereocenters. The van der Waals surface area contributed by atoms with Crippen LogP contribution in [0.3, 0.4) is 0 Å². The molecule has 0 saturated heterocycles. The largest absolute Gasteiger partial charge is 0.313 e. The molecule has 0 bridgehead atoms. The van der Waals surface area contributed by atoms with E-state index in [1.807, 2.05) is 0 Å². The maximum Gasteiger partial charge on any atom is 0.297 e. The van der Waals surface area contributed by atoms with Crippen LogP contribution in [0.2, 0.25) is 0 Å². The average molecular weight is 192 g/mol. The third kappa shape index (κ3) is 0.972. The van der Waals surface area contributed by atoms with Gasteiger partial charge in [-0.05, 0) is 6.07 Å². The third-order valence-corrected chi connectivity index (χ3v) is 1.93. The highest BCUT2D eigenvalue weighted by Crippen LogP contribution is 2.32. The fourth-order valence-electron chi connectivity index (χ4n) is 1.31. The van der Waals surface area contributed by atoms with Crippen LogP contribution in [0.15, 0.2) is 18.2 Å². The predicted molar refractivity (Wildman–Crippen MR) is 46.1 cm³/mol. The number of anilines is 1. The number of carbonyl (C=O) groups excluding carboxylic acids is 2. The number of ketones is 1. The first-order valence-electron chi connectivity index (χ1n) is 3.74. The standard InChI is InChI=1S/C8H4N2O4/c11-7-4-2-1-3-5(10(13)14)6(4)9-8(7)12/h1-3H,(H,9,11,12). The van der Waals surface area contributed by atoms with Crippen molar-refractivity contribution in [2.45, 2.75) is 0 Å². The molecular formula is C8H4N2O4. The fraction of sp³-hybridized carbons (Fsp3) is 0. The van der Waals surface area contributed by atoms with E-state index in [2.05, 4.69) is 5.32 Å². The molecule has 0 aromatic heterocycles. The molecule has 1 aliphatic heterocycles. The quantitative estimate of drug-likeness (QED) is 0.403. The smallest absolute Gasteiger partial charge is 0.297 e. The minimum atomic E-state index is -0.825. The number of hydrogen-bond acceptors (Lipinski definition) is 4. The third-order valence-electron chi connectivity index (χ3n) is 1.93. The summed E-state index contributed by atoms with van der Waals surface area (Å²) < 4.78 is 0. The van der Waals surface area contributed by atoms with Gasteiger partial charge in [0.15, 0.2) is 0 Å². The van der Waals surface area contributed by atoms with Crippen molar-refractivity contribution in [2.24, 2.45) is 0 Å². The summed E-state index contributed by atoms with van der Waals surface area (Å²) in [4.78, 5) is 31.9. The van der Waals surface area contributed by atoms with E-state index in [0.29, 0.717) is 0 Å². The zero-order valence-corrected chi connectivity index (χ0v) is 6.81. The number of fused-ring (bicyclic) bond motifs is 1. The van der Waals surface area contributed by atoms with Crippen molar-refractivity contribution in [3.05, 3.63) is 33.9 Å². The summed E-state index contributed by atoms with van der Waals surface area (Å²) in [5.74, 6) is -1.56. The number of nitrogens with zero attached hydrogens (tertiary/aromatic N) is 1. The van der Waals surface area contributed by atoms with E-state index in [4.69, 9.17) is 0 Å². The number of benzene rings is 1. The van der Waals surface area contributed by atoms with Crippen LogP contribution in [0.1, 0.15) is 10.4 Å². The number of carbonyl (C=O) groups is 2. The fourth-order valence-corrected chi connectivity index (χ4v) is 1.31. The van der Waals surface area contributed by atoms with Crippen LogP contribution in [0.5, 0.6) is 0 Å². The first kappa shape index (κ1) is 8.36. The van der Waals surface area contributed by atoms with Crippen molar-refractivity contribution in [1.82, 2.24) is 0 Å². The van der Waals surface area contributed by atoms with Gasteiger partial charge in [-0.15, -0.1) is 0 Å². The number of nitro benzene ring substituents is 1. The van der Waals surface area contributed by atoms with Gasteiger partial charge in [0.05, 0.1) is 10.5 Å². The van der Waals surface area contributed by atoms with E-state index in [0.717, 1.165) is 0 Å². The lowest BCUT2D eigenvalue weighted by Crippen LogP contribution is -2.12. The Morgan fingerprint density at radius 1 is 1.29 bits per heavy atom. The van der Waals surface area contributed by atoms with Gasteiger partial charge in [0, 0.05) is 6.07 Å². The number of para-hydroxylation sites is 1. The van der Waals surface area contributed by atoms with Crippen LogP contribution >= 0.6 is 0 Å². The van der Waals surface area contributed by atoms with Crippen LogP contribution in [0.25, 0.3) is 0 Å².